The number of anilines is 1. The van der Waals surface area contributed by atoms with Crippen molar-refractivity contribution in [1.29, 1.82) is 0 Å². The molecule has 1 saturated heterocycles. The molecule has 0 saturated carbocycles. The molecule has 22 heavy (non-hydrogen) atoms. The third kappa shape index (κ3) is 4.37. The molecule has 0 spiro atoms. The molecule has 0 aromatic heterocycles. The molecule has 5 heteroatoms. The van der Waals surface area contributed by atoms with E-state index in [2.05, 4.69) is 43.0 Å². The van der Waals surface area contributed by atoms with Crippen LogP contribution in [0.5, 0.6) is 0 Å². The lowest BCUT2D eigenvalue weighted by molar-refractivity contribution is 0.0705. The van der Waals surface area contributed by atoms with Crippen molar-refractivity contribution in [2.45, 2.75) is 19.8 Å². The van der Waals surface area contributed by atoms with Crippen LogP contribution < -0.4 is 4.90 Å². The van der Waals surface area contributed by atoms with E-state index in [1.165, 1.54) is 11.3 Å². The van der Waals surface area contributed by atoms with E-state index in [1.807, 2.05) is 0 Å². The number of benzene rings is 1. The number of piperazine rings is 1. The highest BCUT2D eigenvalue weighted by atomic mass is 16.6. The van der Waals surface area contributed by atoms with Gasteiger partial charge in [0, 0.05) is 39.0 Å². The third-order valence-corrected chi connectivity index (χ3v) is 3.98. The molecule has 2 rings (SSSR count). The van der Waals surface area contributed by atoms with E-state index in [9.17, 15) is 4.79 Å². The van der Waals surface area contributed by atoms with Crippen LogP contribution in [0.25, 0.3) is 0 Å². The average molecular weight is 306 g/mol. The van der Waals surface area contributed by atoms with Gasteiger partial charge in [0.25, 0.3) is 0 Å². The van der Waals surface area contributed by atoms with Gasteiger partial charge >= 0.3 is 6.09 Å². The number of hydrogen-bond acceptors (Lipinski definition) is 4. The molecular weight excluding hydrogens is 280 g/mol. The summed E-state index contributed by atoms with van der Waals surface area (Å²) in [7, 11) is 1.59. The number of ether oxygens (including phenoxy) is 2. The first-order valence-electron chi connectivity index (χ1n) is 7.87. The molecule has 1 aliphatic rings. The molecule has 1 aromatic carbocycles. The molecule has 1 fully saturated rings. The summed E-state index contributed by atoms with van der Waals surface area (Å²) >= 11 is 0. The van der Waals surface area contributed by atoms with Crippen LogP contribution in [-0.4, -0.2) is 57.5 Å². The Labute approximate surface area is 132 Å². The largest absolute Gasteiger partial charge is 0.447 e. The number of nitrogens with zero attached hydrogens (tertiary/aromatic N) is 2. The predicted molar refractivity (Wildman–Crippen MR) is 87.5 cm³/mol. The number of hydrogen-bond donors (Lipinski definition) is 0. The highest BCUT2D eigenvalue weighted by Crippen LogP contribution is 2.21. The fraction of sp³-hybridized carbons (Fsp3) is 0.588. The molecule has 0 atom stereocenters. The van der Waals surface area contributed by atoms with Gasteiger partial charge in [-0.2, -0.15) is 0 Å². The summed E-state index contributed by atoms with van der Waals surface area (Å²) in [6.07, 6.45) is -0.244. The number of carbonyl (C=O) groups excluding carboxylic acids is 1. The van der Waals surface area contributed by atoms with Gasteiger partial charge in [0.1, 0.15) is 6.61 Å². The van der Waals surface area contributed by atoms with E-state index in [4.69, 9.17) is 9.47 Å². The SMILES string of the molecule is COCCOC(=O)N1CCN(c2ccc(C(C)C)cc2)CC1. The molecular formula is C17H26N2O3. The molecule has 0 unspecified atom stereocenters. The van der Waals surface area contributed by atoms with Crippen molar-refractivity contribution in [2.24, 2.45) is 0 Å². The zero-order chi connectivity index (χ0) is 15.9. The van der Waals surface area contributed by atoms with E-state index in [0.29, 0.717) is 32.2 Å². The summed E-state index contributed by atoms with van der Waals surface area (Å²) in [5.41, 5.74) is 2.57. The Bertz CT molecular complexity index is 465. The second-order valence-corrected chi connectivity index (χ2v) is 5.83. The van der Waals surface area contributed by atoms with Crippen LogP contribution in [0.15, 0.2) is 24.3 Å². The van der Waals surface area contributed by atoms with E-state index in [1.54, 1.807) is 12.0 Å². The van der Waals surface area contributed by atoms with Crippen LogP contribution in [0.2, 0.25) is 0 Å². The molecule has 5 nitrogen and oxygen atoms in total. The van der Waals surface area contributed by atoms with E-state index >= 15 is 0 Å². The summed E-state index contributed by atoms with van der Waals surface area (Å²) in [6, 6.07) is 8.71. The molecule has 0 aliphatic carbocycles. The van der Waals surface area contributed by atoms with Gasteiger partial charge in [-0.1, -0.05) is 26.0 Å². The second kappa shape index (κ2) is 8.03. The Morgan fingerprint density at radius 2 is 1.73 bits per heavy atom. The lowest BCUT2D eigenvalue weighted by Crippen LogP contribution is -2.49. The van der Waals surface area contributed by atoms with Crippen LogP contribution in [-0.2, 0) is 9.47 Å². The van der Waals surface area contributed by atoms with Crippen LogP contribution in [0.1, 0.15) is 25.3 Å². The quantitative estimate of drug-likeness (QED) is 0.785. The Hall–Kier alpha value is -1.75. The van der Waals surface area contributed by atoms with Crippen molar-refractivity contribution in [1.82, 2.24) is 4.90 Å². The lowest BCUT2D eigenvalue weighted by Gasteiger charge is -2.35. The van der Waals surface area contributed by atoms with Gasteiger partial charge in [-0.3, -0.25) is 0 Å². The van der Waals surface area contributed by atoms with Gasteiger partial charge in [-0.25, -0.2) is 4.79 Å². The standard InChI is InChI=1S/C17H26N2O3/c1-14(2)15-4-6-16(7-5-15)18-8-10-19(11-9-18)17(20)22-13-12-21-3/h4-7,14H,8-13H2,1-3H3. The van der Waals surface area contributed by atoms with Crippen molar-refractivity contribution < 1.29 is 14.3 Å². The minimum Gasteiger partial charge on any atom is -0.447 e. The normalized spacial score (nSPS) is 15.3. The Morgan fingerprint density at radius 1 is 1.09 bits per heavy atom. The molecule has 1 heterocycles. The fourth-order valence-electron chi connectivity index (χ4n) is 2.52. The number of methoxy groups -OCH3 is 1. The molecule has 1 aliphatic heterocycles. The lowest BCUT2D eigenvalue weighted by atomic mass is 10.0. The van der Waals surface area contributed by atoms with E-state index in [-0.39, 0.29) is 6.09 Å². The summed E-state index contributed by atoms with van der Waals surface area (Å²) in [6.45, 7) is 8.20. The molecule has 0 N–H and O–H groups in total. The van der Waals surface area contributed by atoms with E-state index in [0.717, 1.165) is 13.1 Å². The molecule has 0 bridgehead atoms. The van der Waals surface area contributed by atoms with Crippen LogP contribution >= 0.6 is 0 Å². The molecule has 0 radical (unpaired) electrons. The summed E-state index contributed by atoms with van der Waals surface area (Å²) < 4.78 is 10.0. The predicted octanol–water partition coefficient (Wildman–Crippen LogP) is 2.72. The van der Waals surface area contributed by atoms with Crippen molar-refractivity contribution >= 4 is 11.8 Å². The summed E-state index contributed by atoms with van der Waals surface area (Å²) in [5.74, 6) is 0.549. The van der Waals surface area contributed by atoms with Crippen molar-refractivity contribution in [2.75, 3.05) is 51.4 Å². The zero-order valence-corrected chi connectivity index (χ0v) is 13.7. The minimum absolute atomic E-state index is 0.244. The zero-order valence-electron chi connectivity index (χ0n) is 13.7. The van der Waals surface area contributed by atoms with Crippen molar-refractivity contribution in [3.05, 3.63) is 29.8 Å². The smallest absolute Gasteiger partial charge is 0.409 e. The van der Waals surface area contributed by atoms with Gasteiger partial charge < -0.3 is 19.3 Å². The van der Waals surface area contributed by atoms with Gasteiger partial charge in [0.15, 0.2) is 0 Å². The maximum Gasteiger partial charge on any atom is 0.409 e. The summed E-state index contributed by atoms with van der Waals surface area (Å²) in [5, 5.41) is 0. The molecule has 1 aromatic rings. The van der Waals surface area contributed by atoms with Crippen molar-refractivity contribution in [3.8, 4) is 0 Å². The first-order valence-corrected chi connectivity index (χ1v) is 7.87. The monoisotopic (exact) mass is 306 g/mol. The average Bonchev–Trinajstić information content (AvgIpc) is 2.55. The minimum atomic E-state index is -0.244. The third-order valence-electron chi connectivity index (χ3n) is 3.98. The highest BCUT2D eigenvalue weighted by molar-refractivity contribution is 5.68. The molecule has 1 amide bonds. The Morgan fingerprint density at radius 3 is 2.27 bits per heavy atom. The Kier molecular flexibility index (Phi) is 6.07. The van der Waals surface area contributed by atoms with Crippen LogP contribution in [0.4, 0.5) is 10.5 Å². The van der Waals surface area contributed by atoms with Crippen LogP contribution in [0, 0.1) is 0 Å². The van der Waals surface area contributed by atoms with Gasteiger partial charge in [-0.05, 0) is 23.6 Å². The van der Waals surface area contributed by atoms with Crippen molar-refractivity contribution in [3.63, 3.8) is 0 Å². The number of rotatable bonds is 5. The first-order chi connectivity index (χ1) is 10.6. The first kappa shape index (κ1) is 16.6. The van der Waals surface area contributed by atoms with Gasteiger partial charge in [-0.15, -0.1) is 0 Å². The summed E-state index contributed by atoms with van der Waals surface area (Å²) in [4.78, 5) is 15.9. The Balaban J connectivity index is 1.82. The second-order valence-electron chi connectivity index (χ2n) is 5.83. The number of amides is 1. The topological polar surface area (TPSA) is 42.0 Å². The maximum absolute atomic E-state index is 11.9. The molecule has 122 valence electrons. The van der Waals surface area contributed by atoms with Gasteiger partial charge in [0.05, 0.1) is 6.61 Å². The van der Waals surface area contributed by atoms with E-state index < -0.39 is 0 Å². The maximum atomic E-state index is 11.9. The van der Waals surface area contributed by atoms with Crippen LogP contribution in [0.3, 0.4) is 0 Å². The fourth-order valence-corrected chi connectivity index (χ4v) is 2.52. The highest BCUT2D eigenvalue weighted by Gasteiger charge is 2.22. The number of carbonyl (C=O) groups is 1. The van der Waals surface area contributed by atoms with Gasteiger partial charge in [0.2, 0.25) is 0 Å².